The first kappa shape index (κ1) is 21.7. The van der Waals surface area contributed by atoms with E-state index in [1.807, 2.05) is 18.2 Å². The van der Waals surface area contributed by atoms with Crippen molar-refractivity contribution in [2.24, 2.45) is 17.8 Å². The van der Waals surface area contributed by atoms with Crippen molar-refractivity contribution in [3.8, 4) is 0 Å². The molecule has 2 amide bonds. The average Bonchev–Trinajstić information content (AvgIpc) is 3.16. The Hall–Kier alpha value is -2.83. The summed E-state index contributed by atoms with van der Waals surface area (Å²) >= 11 is 0. The lowest BCUT2D eigenvalue weighted by Crippen LogP contribution is -2.61. The number of fused-ring (bicyclic) bond motifs is 3. The topological polar surface area (TPSA) is 97.9 Å². The molecule has 4 fully saturated rings. The van der Waals surface area contributed by atoms with Crippen LogP contribution in [0.4, 0.5) is 10.6 Å². The van der Waals surface area contributed by atoms with Gasteiger partial charge in [-0.3, -0.25) is 0 Å². The fourth-order valence-corrected chi connectivity index (χ4v) is 7.50. The Balaban J connectivity index is 0.00000152. The van der Waals surface area contributed by atoms with Crippen molar-refractivity contribution in [1.82, 2.24) is 25.2 Å². The SMILES string of the molecule is CCCCc1nc2c(N)nc3ccccc3c2n1CCNC(=O)NC12CC3CC(CC(C3)C1)C2.[HH].[HH]. The fraction of sp³-hybridized carbons (Fsp3) is 0.593. The molecule has 1 aromatic carbocycles. The van der Waals surface area contributed by atoms with Crippen LogP contribution in [-0.4, -0.2) is 32.6 Å². The molecular formula is C27H40N6O. The second-order valence-electron chi connectivity index (χ2n) is 11.1. The number of hydrogen-bond donors (Lipinski definition) is 3. The minimum absolute atomic E-state index is 0. The van der Waals surface area contributed by atoms with Gasteiger partial charge in [0.15, 0.2) is 5.82 Å². The molecule has 7 heteroatoms. The molecule has 7 nitrogen and oxygen atoms in total. The van der Waals surface area contributed by atoms with E-state index in [0.717, 1.165) is 64.8 Å². The first-order valence-corrected chi connectivity index (χ1v) is 13.1. The third kappa shape index (κ3) is 3.79. The predicted octanol–water partition coefficient (Wildman–Crippen LogP) is 5.27. The number of pyridine rings is 1. The van der Waals surface area contributed by atoms with Crippen LogP contribution in [0.3, 0.4) is 0 Å². The molecule has 2 aromatic heterocycles. The maximum atomic E-state index is 13.0. The van der Waals surface area contributed by atoms with Gasteiger partial charge in [-0.1, -0.05) is 31.5 Å². The standard InChI is InChI=1S/C27H36N6O.2H2/c1-2-3-8-22-31-23-24(20-6-4-5-7-21(20)30-25(23)28)33(22)10-9-29-26(34)32-27-14-17-11-18(15-27)13-19(12-17)16-27;;/h4-7,17-19H,2-3,8-16H2,1H3,(H2,28,30)(H2,29,32,34);2*1H. The molecule has 4 saturated carbocycles. The summed E-state index contributed by atoms with van der Waals surface area (Å²) in [6.45, 7) is 3.41. The first-order chi connectivity index (χ1) is 16.5. The zero-order chi connectivity index (χ0) is 23.3. The predicted molar refractivity (Wildman–Crippen MR) is 140 cm³/mol. The van der Waals surface area contributed by atoms with Crippen LogP contribution < -0.4 is 16.4 Å². The van der Waals surface area contributed by atoms with Crippen LogP contribution in [0.1, 0.15) is 67.0 Å². The number of imidazole rings is 1. The number of rotatable bonds is 7. The van der Waals surface area contributed by atoms with Gasteiger partial charge in [-0.25, -0.2) is 14.8 Å². The van der Waals surface area contributed by atoms with Crippen molar-refractivity contribution >= 4 is 33.8 Å². The quantitative estimate of drug-likeness (QED) is 0.444. The molecule has 4 bridgehead atoms. The molecule has 34 heavy (non-hydrogen) atoms. The number of nitrogens with two attached hydrogens (primary N) is 1. The summed E-state index contributed by atoms with van der Waals surface area (Å²) in [4.78, 5) is 22.4. The Labute approximate surface area is 203 Å². The second kappa shape index (κ2) is 8.43. The smallest absolute Gasteiger partial charge is 0.315 e. The third-order valence-electron chi connectivity index (χ3n) is 8.48. The maximum absolute atomic E-state index is 13.0. The number of nitrogen functional groups attached to an aromatic ring is 1. The molecule has 2 heterocycles. The average molecular weight is 465 g/mol. The Morgan fingerprint density at radius 2 is 1.85 bits per heavy atom. The van der Waals surface area contributed by atoms with Crippen molar-refractivity contribution in [3.63, 3.8) is 0 Å². The van der Waals surface area contributed by atoms with Gasteiger partial charge in [-0.05, 0) is 68.8 Å². The van der Waals surface area contributed by atoms with Gasteiger partial charge in [0.25, 0.3) is 0 Å². The number of aromatic nitrogens is 3. The monoisotopic (exact) mass is 464 g/mol. The second-order valence-corrected chi connectivity index (χ2v) is 11.1. The van der Waals surface area contributed by atoms with Gasteiger partial charge in [0.1, 0.15) is 11.3 Å². The lowest BCUT2D eigenvalue weighted by Gasteiger charge is -2.56. The van der Waals surface area contributed by atoms with Gasteiger partial charge in [0, 0.05) is 33.3 Å². The van der Waals surface area contributed by atoms with Gasteiger partial charge in [0.2, 0.25) is 0 Å². The molecule has 184 valence electrons. The van der Waals surface area contributed by atoms with Crippen LogP contribution in [0.5, 0.6) is 0 Å². The van der Waals surface area contributed by atoms with Crippen LogP contribution in [0.25, 0.3) is 21.9 Å². The van der Waals surface area contributed by atoms with Gasteiger partial charge in [-0.2, -0.15) is 0 Å². The minimum Gasteiger partial charge on any atom is -0.382 e. The number of unbranched alkanes of at least 4 members (excludes halogenated alkanes) is 1. The van der Waals surface area contributed by atoms with E-state index in [4.69, 9.17) is 10.7 Å². The van der Waals surface area contributed by atoms with E-state index in [1.54, 1.807) is 0 Å². The number of carbonyl (C=O) groups excluding carboxylic acids is 1. The van der Waals surface area contributed by atoms with Crippen molar-refractivity contribution in [2.75, 3.05) is 12.3 Å². The fourth-order valence-electron chi connectivity index (χ4n) is 7.50. The molecule has 4 N–H and O–H groups in total. The lowest BCUT2D eigenvalue weighted by atomic mass is 9.53. The van der Waals surface area contributed by atoms with Crippen LogP contribution in [0.15, 0.2) is 24.3 Å². The largest absolute Gasteiger partial charge is 0.382 e. The number of para-hydroxylation sites is 1. The third-order valence-corrected chi connectivity index (χ3v) is 8.48. The molecule has 3 aromatic rings. The van der Waals surface area contributed by atoms with Crippen molar-refractivity contribution in [3.05, 3.63) is 30.1 Å². The lowest BCUT2D eigenvalue weighted by molar-refractivity contribution is -0.0135. The number of aryl methyl sites for hydroxylation is 1. The van der Waals surface area contributed by atoms with Crippen molar-refractivity contribution in [2.45, 2.75) is 76.8 Å². The molecule has 0 aliphatic heterocycles. The molecule has 0 saturated heterocycles. The Kier molecular flexibility index (Phi) is 5.38. The maximum Gasteiger partial charge on any atom is 0.315 e. The van der Waals surface area contributed by atoms with Gasteiger partial charge in [0.05, 0.1) is 11.0 Å². The van der Waals surface area contributed by atoms with E-state index in [2.05, 4.69) is 33.2 Å². The highest BCUT2D eigenvalue weighted by Gasteiger charge is 2.51. The van der Waals surface area contributed by atoms with E-state index in [-0.39, 0.29) is 14.4 Å². The Morgan fingerprint density at radius 3 is 2.56 bits per heavy atom. The van der Waals surface area contributed by atoms with E-state index >= 15 is 0 Å². The highest BCUT2D eigenvalue weighted by molar-refractivity contribution is 6.06. The summed E-state index contributed by atoms with van der Waals surface area (Å²) in [5.74, 6) is 3.94. The van der Waals surface area contributed by atoms with Gasteiger partial charge >= 0.3 is 6.03 Å². The number of nitrogens with one attached hydrogen (secondary N) is 2. The number of carbonyl (C=O) groups is 1. The summed E-state index contributed by atoms with van der Waals surface area (Å²) in [5.41, 5.74) is 9.01. The Bertz CT molecular complexity index is 1210. The van der Waals surface area contributed by atoms with E-state index in [1.165, 1.54) is 38.5 Å². The minimum atomic E-state index is -0.0208. The highest BCUT2D eigenvalue weighted by atomic mass is 16.2. The number of anilines is 1. The summed E-state index contributed by atoms with van der Waals surface area (Å²) in [7, 11) is 0. The molecule has 7 rings (SSSR count). The summed E-state index contributed by atoms with van der Waals surface area (Å²) in [6.07, 6.45) is 10.7. The molecule has 4 aliphatic rings. The Morgan fingerprint density at radius 1 is 1.15 bits per heavy atom. The number of nitrogens with zero attached hydrogens (tertiary/aromatic N) is 3. The number of urea groups is 1. The highest BCUT2D eigenvalue weighted by Crippen LogP contribution is 2.55. The van der Waals surface area contributed by atoms with Gasteiger partial charge in [-0.15, -0.1) is 0 Å². The van der Waals surface area contributed by atoms with Gasteiger partial charge < -0.3 is 20.9 Å². The van der Waals surface area contributed by atoms with Crippen LogP contribution in [0.2, 0.25) is 0 Å². The van der Waals surface area contributed by atoms with E-state index in [9.17, 15) is 4.79 Å². The summed E-state index contributed by atoms with van der Waals surface area (Å²) in [6, 6.07) is 8.06. The molecule has 0 radical (unpaired) electrons. The molecule has 4 aliphatic carbocycles. The van der Waals surface area contributed by atoms with Crippen LogP contribution in [-0.2, 0) is 13.0 Å². The summed E-state index contributed by atoms with van der Waals surface area (Å²) in [5, 5.41) is 7.64. The zero-order valence-electron chi connectivity index (χ0n) is 20.1. The van der Waals surface area contributed by atoms with E-state index in [0.29, 0.717) is 18.9 Å². The van der Waals surface area contributed by atoms with Crippen molar-refractivity contribution in [1.29, 1.82) is 0 Å². The van der Waals surface area contributed by atoms with Crippen LogP contribution in [0, 0.1) is 17.8 Å². The normalized spacial score (nSPS) is 27.5. The molecule has 0 atom stereocenters. The number of amides is 2. The molecule has 0 spiro atoms. The summed E-state index contributed by atoms with van der Waals surface area (Å²) < 4.78 is 2.25. The zero-order valence-corrected chi connectivity index (χ0v) is 20.1. The number of benzene rings is 1. The van der Waals surface area contributed by atoms with E-state index < -0.39 is 0 Å². The van der Waals surface area contributed by atoms with Crippen molar-refractivity contribution < 1.29 is 7.65 Å². The molecule has 0 unspecified atom stereocenters. The number of hydrogen-bond acceptors (Lipinski definition) is 4. The van der Waals surface area contributed by atoms with Crippen LogP contribution >= 0.6 is 0 Å². The molecular weight excluding hydrogens is 424 g/mol. The first-order valence-electron chi connectivity index (χ1n) is 13.1.